The van der Waals surface area contributed by atoms with Gasteiger partial charge in [0.05, 0.1) is 7.11 Å². The van der Waals surface area contributed by atoms with Crippen molar-refractivity contribution in [3.05, 3.63) is 65.4 Å². The Labute approximate surface area is 165 Å². The second-order valence-corrected chi connectivity index (χ2v) is 6.85. The average Bonchev–Trinajstić information content (AvgIpc) is 3.18. The predicted octanol–water partition coefficient (Wildman–Crippen LogP) is 3.05. The standard InChI is InChI=1S/C21H19F2N3O3/c1-29-15-4-2-13-11-19(24-18(13)12-15)21(28)26-8-6-25(7-9-26)20(27)14-3-5-16(22)17(23)10-14/h2-5,10-12,24H,6-9H2,1H3. The van der Waals surface area contributed by atoms with E-state index in [1.165, 1.54) is 11.0 Å². The Morgan fingerprint density at radius 1 is 0.897 bits per heavy atom. The number of ether oxygens (including phenoxy) is 1. The number of hydrogen-bond donors (Lipinski definition) is 1. The normalized spacial score (nSPS) is 14.3. The van der Waals surface area contributed by atoms with E-state index in [1.807, 2.05) is 18.2 Å². The first kappa shape index (κ1) is 18.9. The number of methoxy groups -OCH3 is 1. The van der Waals surface area contributed by atoms with Crippen LogP contribution in [-0.4, -0.2) is 59.9 Å². The molecule has 1 fully saturated rings. The molecule has 0 spiro atoms. The molecule has 0 unspecified atom stereocenters. The van der Waals surface area contributed by atoms with Gasteiger partial charge < -0.3 is 19.5 Å². The van der Waals surface area contributed by atoms with Crippen molar-refractivity contribution in [2.45, 2.75) is 0 Å². The van der Waals surface area contributed by atoms with Crippen LogP contribution in [0.4, 0.5) is 8.78 Å². The predicted molar refractivity (Wildman–Crippen MR) is 103 cm³/mol. The molecule has 2 heterocycles. The van der Waals surface area contributed by atoms with Crippen molar-refractivity contribution >= 4 is 22.7 Å². The molecule has 1 N–H and O–H groups in total. The number of nitrogens with zero attached hydrogens (tertiary/aromatic N) is 2. The zero-order valence-corrected chi connectivity index (χ0v) is 15.7. The fourth-order valence-corrected chi connectivity index (χ4v) is 3.44. The number of hydrogen-bond acceptors (Lipinski definition) is 3. The summed E-state index contributed by atoms with van der Waals surface area (Å²) in [6, 6.07) is 10.4. The summed E-state index contributed by atoms with van der Waals surface area (Å²) in [4.78, 5) is 31.6. The molecule has 0 bridgehead atoms. The van der Waals surface area contributed by atoms with E-state index in [-0.39, 0.29) is 17.4 Å². The minimum atomic E-state index is -1.06. The van der Waals surface area contributed by atoms with Gasteiger partial charge in [-0.1, -0.05) is 0 Å². The summed E-state index contributed by atoms with van der Waals surface area (Å²) in [5, 5.41) is 0.904. The average molecular weight is 399 g/mol. The van der Waals surface area contributed by atoms with Gasteiger partial charge in [-0.05, 0) is 36.4 Å². The Morgan fingerprint density at radius 2 is 1.59 bits per heavy atom. The van der Waals surface area contributed by atoms with Gasteiger partial charge in [-0.15, -0.1) is 0 Å². The number of carbonyl (C=O) groups excluding carboxylic acids is 2. The molecule has 3 aromatic rings. The highest BCUT2D eigenvalue weighted by molar-refractivity contribution is 5.98. The second kappa shape index (κ2) is 7.54. The number of halogens is 2. The van der Waals surface area contributed by atoms with E-state index in [4.69, 9.17) is 4.74 Å². The molecule has 2 amide bonds. The largest absolute Gasteiger partial charge is 0.497 e. The number of aromatic amines is 1. The van der Waals surface area contributed by atoms with E-state index in [2.05, 4.69) is 4.98 Å². The summed E-state index contributed by atoms with van der Waals surface area (Å²) in [7, 11) is 1.58. The molecular weight excluding hydrogens is 380 g/mol. The number of rotatable bonds is 3. The van der Waals surface area contributed by atoms with Crippen molar-refractivity contribution in [2.24, 2.45) is 0 Å². The summed E-state index contributed by atoms with van der Waals surface area (Å²) in [5.41, 5.74) is 1.36. The minimum Gasteiger partial charge on any atom is -0.497 e. The quantitative estimate of drug-likeness (QED) is 0.736. The van der Waals surface area contributed by atoms with Crippen LogP contribution in [-0.2, 0) is 0 Å². The van der Waals surface area contributed by atoms with E-state index in [1.54, 1.807) is 18.1 Å². The fraction of sp³-hybridized carbons (Fsp3) is 0.238. The summed E-state index contributed by atoms with van der Waals surface area (Å²) in [6.45, 7) is 1.34. The molecule has 2 aromatic carbocycles. The van der Waals surface area contributed by atoms with Gasteiger partial charge in [-0.3, -0.25) is 9.59 Å². The first-order valence-electron chi connectivity index (χ1n) is 9.16. The zero-order valence-electron chi connectivity index (χ0n) is 15.7. The topological polar surface area (TPSA) is 65.6 Å². The fourth-order valence-electron chi connectivity index (χ4n) is 3.44. The van der Waals surface area contributed by atoms with Crippen molar-refractivity contribution in [2.75, 3.05) is 33.3 Å². The summed E-state index contributed by atoms with van der Waals surface area (Å²) >= 11 is 0. The van der Waals surface area contributed by atoms with Crippen molar-refractivity contribution in [3.63, 3.8) is 0 Å². The summed E-state index contributed by atoms with van der Waals surface area (Å²) in [6.07, 6.45) is 0. The van der Waals surface area contributed by atoms with Gasteiger partial charge >= 0.3 is 0 Å². The van der Waals surface area contributed by atoms with Crippen LogP contribution in [0.1, 0.15) is 20.8 Å². The maximum absolute atomic E-state index is 13.4. The van der Waals surface area contributed by atoms with Crippen LogP contribution in [0, 0.1) is 11.6 Å². The Morgan fingerprint density at radius 3 is 2.24 bits per heavy atom. The maximum atomic E-state index is 13.4. The summed E-state index contributed by atoms with van der Waals surface area (Å²) in [5.74, 6) is -1.88. The van der Waals surface area contributed by atoms with Gasteiger partial charge in [-0.25, -0.2) is 8.78 Å². The van der Waals surface area contributed by atoms with E-state index < -0.39 is 11.6 Å². The number of amides is 2. The Kier molecular flexibility index (Phi) is 4.92. The second-order valence-electron chi connectivity index (χ2n) is 6.85. The number of carbonyl (C=O) groups is 2. The molecule has 1 aliphatic rings. The van der Waals surface area contributed by atoms with Crippen molar-refractivity contribution < 1.29 is 23.1 Å². The monoisotopic (exact) mass is 399 g/mol. The third-order valence-corrected chi connectivity index (χ3v) is 5.08. The molecule has 0 saturated carbocycles. The van der Waals surface area contributed by atoms with Crippen molar-refractivity contribution in [3.8, 4) is 5.75 Å². The highest BCUT2D eigenvalue weighted by Crippen LogP contribution is 2.22. The molecule has 1 aromatic heterocycles. The Hall–Kier alpha value is -3.42. The third kappa shape index (κ3) is 3.65. The Balaban J connectivity index is 1.43. The lowest BCUT2D eigenvalue weighted by atomic mass is 10.1. The van der Waals surface area contributed by atoms with Gasteiger partial charge in [0.2, 0.25) is 0 Å². The van der Waals surface area contributed by atoms with Crippen LogP contribution in [0.25, 0.3) is 10.9 Å². The molecule has 29 heavy (non-hydrogen) atoms. The van der Waals surface area contributed by atoms with Crippen molar-refractivity contribution in [1.29, 1.82) is 0 Å². The molecular formula is C21H19F2N3O3. The molecule has 0 aliphatic carbocycles. The highest BCUT2D eigenvalue weighted by atomic mass is 19.2. The maximum Gasteiger partial charge on any atom is 0.270 e. The first-order valence-corrected chi connectivity index (χ1v) is 9.16. The van der Waals surface area contributed by atoms with Crippen LogP contribution in [0.3, 0.4) is 0 Å². The number of aromatic nitrogens is 1. The van der Waals surface area contributed by atoms with Crippen LogP contribution in [0.5, 0.6) is 5.75 Å². The first-order chi connectivity index (χ1) is 14.0. The number of piperazine rings is 1. The van der Waals surface area contributed by atoms with Gasteiger partial charge in [0.1, 0.15) is 11.4 Å². The SMILES string of the molecule is COc1ccc2cc(C(=O)N3CCN(C(=O)c4ccc(F)c(F)c4)CC3)[nH]c2c1. The number of H-pyrrole nitrogens is 1. The molecule has 4 rings (SSSR count). The van der Waals surface area contributed by atoms with E-state index in [0.29, 0.717) is 37.6 Å². The summed E-state index contributed by atoms with van der Waals surface area (Å²) < 4.78 is 31.7. The lowest BCUT2D eigenvalue weighted by Gasteiger charge is -2.34. The molecule has 1 aliphatic heterocycles. The van der Waals surface area contributed by atoms with Crippen LogP contribution in [0.15, 0.2) is 42.5 Å². The molecule has 150 valence electrons. The highest BCUT2D eigenvalue weighted by Gasteiger charge is 2.26. The third-order valence-electron chi connectivity index (χ3n) is 5.08. The number of nitrogens with one attached hydrogen (secondary N) is 1. The van der Waals surface area contributed by atoms with Gasteiger partial charge in [0.15, 0.2) is 11.6 Å². The van der Waals surface area contributed by atoms with Gasteiger partial charge in [0.25, 0.3) is 11.8 Å². The smallest absolute Gasteiger partial charge is 0.270 e. The lowest BCUT2D eigenvalue weighted by molar-refractivity contribution is 0.0532. The van der Waals surface area contributed by atoms with E-state index in [9.17, 15) is 18.4 Å². The lowest BCUT2D eigenvalue weighted by Crippen LogP contribution is -2.50. The van der Waals surface area contributed by atoms with Crippen LogP contribution in [0.2, 0.25) is 0 Å². The molecule has 0 atom stereocenters. The molecule has 1 saturated heterocycles. The number of fused-ring (bicyclic) bond motifs is 1. The molecule has 8 heteroatoms. The van der Waals surface area contributed by atoms with Crippen molar-refractivity contribution in [1.82, 2.24) is 14.8 Å². The van der Waals surface area contributed by atoms with Gasteiger partial charge in [0, 0.05) is 48.7 Å². The molecule has 0 radical (unpaired) electrons. The van der Waals surface area contributed by atoms with E-state index >= 15 is 0 Å². The van der Waals surface area contributed by atoms with Gasteiger partial charge in [-0.2, -0.15) is 0 Å². The van der Waals surface area contributed by atoms with Crippen LogP contribution < -0.4 is 4.74 Å². The minimum absolute atomic E-state index is 0.0910. The Bertz CT molecular complexity index is 1090. The van der Waals surface area contributed by atoms with Crippen LogP contribution >= 0.6 is 0 Å². The van der Waals surface area contributed by atoms with E-state index in [0.717, 1.165) is 23.0 Å². The zero-order chi connectivity index (χ0) is 20.5. The number of benzene rings is 2. The molecule has 6 nitrogen and oxygen atoms in total.